The molecular formula is C11H22N2. The Bertz CT molecular complexity index is 163. The van der Waals surface area contributed by atoms with Crippen molar-refractivity contribution in [3.8, 4) is 0 Å². The van der Waals surface area contributed by atoms with Crippen LogP contribution in [0, 0.1) is 0 Å². The maximum atomic E-state index is 4.55. The second-order valence-corrected chi connectivity index (χ2v) is 3.74. The molecule has 0 fully saturated rings. The van der Waals surface area contributed by atoms with Gasteiger partial charge < -0.3 is 4.90 Å². The number of hydrogen-bond acceptors (Lipinski definition) is 2. The Morgan fingerprint density at radius 3 is 2.69 bits per heavy atom. The summed E-state index contributed by atoms with van der Waals surface area (Å²) in [6.45, 7) is 7.91. The van der Waals surface area contributed by atoms with Crippen LogP contribution >= 0.6 is 0 Å². The van der Waals surface area contributed by atoms with Crippen molar-refractivity contribution >= 4 is 5.84 Å². The molecule has 0 N–H and O–H groups in total. The molecule has 0 aliphatic carbocycles. The SMILES string of the molecule is CCCCC1=NCCN1CCCC. The van der Waals surface area contributed by atoms with E-state index in [2.05, 4.69) is 23.7 Å². The lowest BCUT2D eigenvalue weighted by atomic mass is 10.2. The number of amidine groups is 1. The van der Waals surface area contributed by atoms with E-state index in [-0.39, 0.29) is 0 Å². The van der Waals surface area contributed by atoms with Crippen LogP contribution in [0.1, 0.15) is 46.0 Å². The highest BCUT2D eigenvalue weighted by atomic mass is 15.2. The van der Waals surface area contributed by atoms with Gasteiger partial charge in [-0.15, -0.1) is 0 Å². The van der Waals surface area contributed by atoms with Crippen molar-refractivity contribution in [3.63, 3.8) is 0 Å². The first-order valence-corrected chi connectivity index (χ1v) is 5.66. The van der Waals surface area contributed by atoms with Crippen LogP contribution in [0.15, 0.2) is 4.99 Å². The molecule has 0 amide bonds. The highest BCUT2D eigenvalue weighted by molar-refractivity contribution is 5.83. The number of aliphatic imine (C=N–C) groups is 1. The molecule has 1 rings (SSSR count). The van der Waals surface area contributed by atoms with E-state index in [1.54, 1.807) is 0 Å². The Morgan fingerprint density at radius 2 is 2.00 bits per heavy atom. The summed E-state index contributed by atoms with van der Waals surface area (Å²) in [5.41, 5.74) is 0. The average molecular weight is 182 g/mol. The maximum absolute atomic E-state index is 4.55. The average Bonchev–Trinajstić information content (AvgIpc) is 2.59. The summed E-state index contributed by atoms with van der Waals surface area (Å²) in [6, 6.07) is 0. The Hall–Kier alpha value is -0.530. The van der Waals surface area contributed by atoms with Gasteiger partial charge in [-0.2, -0.15) is 0 Å². The molecule has 0 saturated carbocycles. The standard InChI is InChI=1S/C11H22N2/c1-3-5-7-11-12-8-10-13(11)9-6-4-2/h3-10H2,1-2H3. The van der Waals surface area contributed by atoms with Gasteiger partial charge in [0.1, 0.15) is 0 Å². The second kappa shape index (κ2) is 6.01. The molecule has 0 radical (unpaired) electrons. The smallest absolute Gasteiger partial charge is 0.0990 e. The van der Waals surface area contributed by atoms with E-state index in [4.69, 9.17) is 0 Å². The Morgan fingerprint density at radius 1 is 1.23 bits per heavy atom. The summed E-state index contributed by atoms with van der Waals surface area (Å²) < 4.78 is 0. The molecule has 0 aromatic rings. The van der Waals surface area contributed by atoms with Gasteiger partial charge in [0, 0.05) is 19.5 Å². The molecule has 0 unspecified atom stereocenters. The predicted octanol–water partition coefficient (Wildman–Crippen LogP) is 2.69. The van der Waals surface area contributed by atoms with Crippen LogP contribution in [-0.2, 0) is 0 Å². The van der Waals surface area contributed by atoms with Crippen LogP contribution in [0.3, 0.4) is 0 Å². The van der Waals surface area contributed by atoms with Gasteiger partial charge in [-0.25, -0.2) is 0 Å². The monoisotopic (exact) mass is 182 g/mol. The van der Waals surface area contributed by atoms with Crippen LogP contribution < -0.4 is 0 Å². The zero-order chi connectivity index (χ0) is 9.52. The van der Waals surface area contributed by atoms with E-state index < -0.39 is 0 Å². The Labute approximate surface area is 82.0 Å². The molecule has 1 aliphatic rings. The minimum absolute atomic E-state index is 1.03. The molecule has 0 spiro atoms. The van der Waals surface area contributed by atoms with Crippen molar-refractivity contribution in [2.45, 2.75) is 46.0 Å². The molecule has 0 atom stereocenters. The predicted molar refractivity (Wildman–Crippen MR) is 58.3 cm³/mol. The van der Waals surface area contributed by atoms with Gasteiger partial charge in [-0.3, -0.25) is 4.99 Å². The summed E-state index contributed by atoms with van der Waals surface area (Å²) >= 11 is 0. The topological polar surface area (TPSA) is 15.6 Å². The zero-order valence-corrected chi connectivity index (χ0v) is 9.05. The third kappa shape index (κ3) is 3.37. The molecule has 13 heavy (non-hydrogen) atoms. The van der Waals surface area contributed by atoms with Gasteiger partial charge in [0.2, 0.25) is 0 Å². The first-order valence-electron chi connectivity index (χ1n) is 5.66. The molecule has 0 aromatic heterocycles. The second-order valence-electron chi connectivity index (χ2n) is 3.74. The zero-order valence-electron chi connectivity index (χ0n) is 9.05. The third-order valence-electron chi connectivity index (χ3n) is 2.56. The molecule has 1 heterocycles. The lowest BCUT2D eigenvalue weighted by Gasteiger charge is -2.19. The molecular weight excluding hydrogens is 160 g/mol. The minimum atomic E-state index is 1.03. The highest BCUT2D eigenvalue weighted by Gasteiger charge is 2.14. The fraction of sp³-hybridized carbons (Fsp3) is 0.909. The van der Waals surface area contributed by atoms with E-state index in [0.717, 1.165) is 6.54 Å². The van der Waals surface area contributed by atoms with Crippen molar-refractivity contribution in [1.29, 1.82) is 0 Å². The lowest BCUT2D eigenvalue weighted by Crippen LogP contribution is -2.28. The molecule has 1 aliphatic heterocycles. The maximum Gasteiger partial charge on any atom is 0.0990 e. The normalized spacial score (nSPS) is 16.5. The highest BCUT2D eigenvalue weighted by Crippen LogP contribution is 2.09. The molecule has 76 valence electrons. The molecule has 2 nitrogen and oxygen atoms in total. The fourth-order valence-electron chi connectivity index (χ4n) is 1.69. The van der Waals surface area contributed by atoms with Crippen LogP contribution in [0.5, 0.6) is 0 Å². The van der Waals surface area contributed by atoms with E-state index in [9.17, 15) is 0 Å². The number of hydrogen-bond donors (Lipinski definition) is 0. The van der Waals surface area contributed by atoms with E-state index in [1.165, 1.54) is 51.0 Å². The summed E-state index contributed by atoms with van der Waals surface area (Å²) in [6.07, 6.45) is 6.37. The largest absolute Gasteiger partial charge is 0.359 e. The number of unbranched alkanes of at least 4 members (excludes halogenated alkanes) is 2. The number of rotatable bonds is 6. The van der Waals surface area contributed by atoms with Gasteiger partial charge in [0.15, 0.2) is 0 Å². The summed E-state index contributed by atoms with van der Waals surface area (Å²) in [5, 5.41) is 0. The number of nitrogens with zero attached hydrogens (tertiary/aromatic N) is 2. The van der Waals surface area contributed by atoms with Crippen molar-refractivity contribution < 1.29 is 0 Å². The molecule has 2 heteroatoms. The van der Waals surface area contributed by atoms with Gasteiger partial charge in [0.05, 0.1) is 12.4 Å². The Kier molecular flexibility index (Phi) is 4.87. The Balaban J connectivity index is 2.25. The van der Waals surface area contributed by atoms with Gasteiger partial charge in [0.25, 0.3) is 0 Å². The summed E-state index contributed by atoms with van der Waals surface area (Å²) in [4.78, 5) is 7.02. The van der Waals surface area contributed by atoms with Crippen LogP contribution in [0.2, 0.25) is 0 Å². The minimum Gasteiger partial charge on any atom is -0.359 e. The van der Waals surface area contributed by atoms with Gasteiger partial charge in [-0.1, -0.05) is 26.7 Å². The van der Waals surface area contributed by atoms with Crippen molar-refractivity contribution in [3.05, 3.63) is 0 Å². The van der Waals surface area contributed by atoms with E-state index in [0.29, 0.717) is 0 Å². The lowest BCUT2D eigenvalue weighted by molar-refractivity contribution is 0.434. The van der Waals surface area contributed by atoms with Crippen LogP contribution in [0.4, 0.5) is 0 Å². The van der Waals surface area contributed by atoms with Crippen LogP contribution in [-0.4, -0.2) is 30.4 Å². The van der Waals surface area contributed by atoms with E-state index >= 15 is 0 Å². The fourth-order valence-corrected chi connectivity index (χ4v) is 1.69. The third-order valence-corrected chi connectivity index (χ3v) is 2.56. The van der Waals surface area contributed by atoms with Crippen molar-refractivity contribution in [1.82, 2.24) is 4.90 Å². The van der Waals surface area contributed by atoms with Gasteiger partial charge >= 0.3 is 0 Å². The molecule has 0 aromatic carbocycles. The van der Waals surface area contributed by atoms with Crippen LogP contribution in [0.25, 0.3) is 0 Å². The first kappa shape index (κ1) is 10.6. The summed E-state index contributed by atoms with van der Waals surface area (Å²) in [7, 11) is 0. The summed E-state index contributed by atoms with van der Waals surface area (Å²) in [5.74, 6) is 1.37. The van der Waals surface area contributed by atoms with Crippen molar-refractivity contribution in [2.75, 3.05) is 19.6 Å². The van der Waals surface area contributed by atoms with Gasteiger partial charge in [-0.05, 0) is 12.8 Å². The van der Waals surface area contributed by atoms with Crippen molar-refractivity contribution in [2.24, 2.45) is 4.99 Å². The van der Waals surface area contributed by atoms with E-state index in [1.807, 2.05) is 0 Å². The first-order chi connectivity index (χ1) is 6.38. The molecule has 0 bridgehead atoms. The quantitative estimate of drug-likeness (QED) is 0.616. The molecule has 0 saturated heterocycles.